The molecule has 2 amide bonds. The van der Waals surface area contributed by atoms with E-state index in [9.17, 15) is 18.0 Å². The highest BCUT2D eigenvalue weighted by Crippen LogP contribution is 2.37. The number of carbonyl (C=O) groups is 2. The first-order valence-corrected chi connectivity index (χ1v) is 11.9. The van der Waals surface area contributed by atoms with Crippen molar-refractivity contribution in [2.75, 3.05) is 22.9 Å². The third-order valence-electron chi connectivity index (χ3n) is 6.05. The molecular weight excluding hydrogens is 400 g/mol. The smallest absolute Gasteiger partial charge is 0.266 e. The topological polar surface area (TPSA) is 74.8 Å². The molecule has 0 N–H and O–H groups in total. The summed E-state index contributed by atoms with van der Waals surface area (Å²) in [5, 5.41) is -0.673. The Morgan fingerprint density at radius 1 is 0.933 bits per heavy atom. The Morgan fingerprint density at radius 3 is 2.03 bits per heavy atom. The number of sulfone groups is 1. The van der Waals surface area contributed by atoms with E-state index in [2.05, 4.69) is 11.8 Å². The van der Waals surface area contributed by atoms with E-state index in [-0.39, 0.29) is 10.6 Å². The maximum absolute atomic E-state index is 13.1. The first-order valence-electron chi connectivity index (χ1n) is 10.3. The van der Waals surface area contributed by atoms with Gasteiger partial charge in [0, 0.05) is 18.8 Å². The van der Waals surface area contributed by atoms with E-state index in [0.717, 1.165) is 36.5 Å². The summed E-state index contributed by atoms with van der Waals surface area (Å²) in [6, 6.07) is 11.6. The van der Waals surface area contributed by atoms with Gasteiger partial charge in [0.15, 0.2) is 9.84 Å². The average molecular weight is 427 g/mol. The van der Waals surface area contributed by atoms with Gasteiger partial charge in [0.25, 0.3) is 11.8 Å². The Balaban J connectivity index is 1.85. The molecule has 0 aromatic heterocycles. The van der Waals surface area contributed by atoms with E-state index in [1.54, 1.807) is 56.3 Å². The Morgan fingerprint density at radius 2 is 1.50 bits per heavy atom. The highest BCUT2D eigenvalue weighted by Gasteiger charge is 2.39. The van der Waals surface area contributed by atoms with Gasteiger partial charge in [0.1, 0.15) is 0 Å². The molecule has 2 aliphatic heterocycles. The van der Waals surface area contributed by atoms with Crippen LogP contribution in [0.15, 0.2) is 47.4 Å². The van der Waals surface area contributed by atoms with E-state index < -0.39 is 26.9 Å². The van der Waals surface area contributed by atoms with Crippen LogP contribution < -0.4 is 9.80 Å². The van der Waals surface area contributed by atoms with Crippen LogP contribution in [0.3, 0.4) is 0 Å². The van der Waals surface area contributed by atoms with Crippen molar-refractivity contribution in [3.05, 3.63) is 53.6 Å². The van der Waals surface area contributed by atoms with E-state index in [1.165, 1.54) is 0 Å². The molecule has 2 aromatic carbocycles. The number of hydrogen-bond donors (Lipinski definition) is 0. The first-order chi connectivity index (χ1) is 14.2. The van der Waals surface area contributed by atoms with Gasteiger partial charge < -0.3 is 4.90 Å². The normalized spacial score (nSPS) is 17.7. The summed E-state index contributed by atoms with van der Waals surface area (Å²) in [6.07, 6.45) is 2.10. The molecule has 0 radical (unpaired) electrons. The minimum absolute atomic E-state index is 0.0149. The zero-order valence-electron chi connectivity index (χ0n) is 17.5. The number of nitrogens with zero attached hydrogens (tertiary/aromatic N) is 2. The maximum atomic E-state index is 13.1. The van der Waals surface area contributed by atoms with Gasteiger partial charge in [-0.25, -0.2) is 13.3 Å². The summed E-state index contributed by atoms with van der Waals surface area (Å²) < 4.78 is 26.1. The van der Waals surface area contributed by atoms with Crippen molar-refractivity contribution in [3.8, 4) is 0 Å². The number of anilines is 2. The molecule has 0 bridgehead atoms. The van der Waals surface area contributed by atoms with Crippen molar-refractivity contribution >= 4 is 33.0 Å². The van der Waals surface area contributed by atoms with Crippen LogP contribution in [-0.2, 0) is 9.84 Å². The van der Waals surface area contributed by atoms with Gasteiger partial charge in [-0.2, -0.15) is 0 Å². The lowest BCUT2D eigenvalue weighted by atomic mass is 9.99. The third-order valence-corrected chi connectivity index (χ3v) is 8.25. The Bertz CT molecular complexity index is 1080. The van der Waals surface area contributed by atoms with Crippen LogP contribution in [0.25, 0.3) is 0 Å². The van der Waals surface area contributed by atoms with Crippen LogP contribution >= 0.6 is 0 Å². The van der Waals surface area contributed by atoms with Crippen LogP contribution in [-0.4, -0.2) is 38.6 Å². The monoisotopic (exact) mass is 426 g/mol. The lowest BCUT2D eigenvalue weighted by Crippen LogP contribution is -2.34. The molecule has 0 atom stereocenters. The first kappa shape index (κ1) is 20.6. The molecule has 0 spiro atoms. The molecular formula is C23H26N2O4S. The van der Waals surface area contributed by atoms with Gasteiger partial charge in [-0.15, -0.1) is 0 Å². The molecule has 30 heavy (non-hydrogen) atoms. The second-order valence-electron chi connectivity index (χ2n) is 8.41. The van der Waals surface area contributed by atoms with Gasteiger partial charge in [0.05, 0.1) is 27.0 Å². The fraction of sp³-hybridized carbons (Fsp3) is 0.391. The number of benzene rings is 2. The zero-order valence-corrected chi connectivity index (χ0v) is 18.3. The number of hydrogen-bond acceptors (Lipinski definition) is 5. The van der Waals surface area contributed by atoms with Crippen molar-refractivity contribution in [3.63, 3.8) is 0 Å². The quantitative estimate of drug-likeness (QED) is 0.693. The lowest BCUT2D eigenvalue weighted by Gasteiger charge is -2.33. The lowest BCUT2D eigenvalue weighted by molar-refractivity contribution is 0.0925. The highest BCUT2D eigenvalue weighted by atomic mass is 32.2. The van der Waals surface area contributed by atoms with Crippen LogP contribution in [0.5, 0.6) is 0 Å². The predicted molar refractivity (Wildman–Crippen MR) is 117 cm³/mol. The Labute approximate surface area is 177 Å². The summed E-state index contributed by atoms with van der Waals surface area (Å²) in [5.74, 6) is -0.321. The second kappa shape index (κ2) is 7.54. The number of piperidine rings is 1. The standard InChI is InChI=1S/C23H26N2O4S/c1-15(2)30(28,29)21-9-8-17(24-12-10-16(3)11-13-24)14-20(21)25-22(26)18-6-4-5-7-19(18)23(25)27/h4-9,14-16H,10-13H2,1-3H3. The predicted octanol–water partition coefficient (Wildman–Crippen LogP) is 3.91. The maximum Gasteiger partial charge on any atom is 0.266 e. The van der Waals surface area contributed by atoms with E-state index in [4.69, 9.17) is 0 Å². The molecule has 0 aliphatic carbocycles. The minimum atomic E-state index is -3.70. The summed E-state index contributed by atoms with van der Waals surface area (Å²) in [4.78, 5) is 29.4. The van der Waals surface area contributed by atoms with Crippen molar-refractivity contribution in [1.82, 2.24) is 0 Å². The largest absolute Gasteiger partial charge is 0.371 e. The molecule has 1 saturated heterocycles. The molecule has 0 saturated carbocycles. The van der Waals surface area contributed by atoms with E-state index in [1.807, 2.05) is 0 Å². The molecule has 4 rings (SSSR count). The van der Waals surface area contributed by atoms with Crippen molar-refractivity contribution in [1.29, 1.82) is 0 Å². The van der Waals surface area contributed by atoms with Crippen LogP contribution in [0, 0.1) is 5.92 Å². The van der Waals surface area contributed by atoms with Crippen molar-refractivity contribution < 1.29 is 18.0 Å². The molecule has 7 heteroatoms. The molecule has 0 unspecified atom stereocenters. The van der Waals surface area contributed by atoms with Crippen LogP contribution in [0.2, 0.25) is 0 Å². The molecule has 2 aliphatic rings. The summed E-state index contributed by atoms with van der Waals surface area (Å²) >= 11 is 0. The van der Waals surface area contributed by atoms with Crippen molar-refractivity contribution in [2.45, 2.75) is 43.8 Å². The fourth-order valence-corrected chi connectivity index (χ4v) is 5.25. The number of rotatable bonds is 4. The third kappa shape index (κ3) is 3.31. The molecule has 1 fully saturated rings. The number of carbonyl (C=O) groups excluding carboxylic acids is 2. The van der Waals surface area contributed by atoms with Gasteiger partial charge >= 0.3 is 0 Å². The van der Waals surface area contributed by atoms with Gasteiger partial charge in [-0.05, 0) is 62.9 Å². The fourth-order valence-electron chi connectivity index (χ4n) is 4.05. The van der Waals surface area contributed by atoms with Crippen molar-refractivity contribution in [2.24, 2.45) is 5.92 Å². The highest BCUT2D eigenvalue weighted by molar-refractivity contribution is 7.92. The zero-order chi connectivity index (χ0) is 21.6. The van der Waals surface area contributed by atoms with Crippen LogP contribution in [0.1, 0.15) is 54.3 Å². The molecule has 158 valence electrons. The average Bonchev–Trinajstić information content (AvgIpc) is 2.98. The Hall–Kier alpha value is -2.67. The number of fused-ring (bicyclic) bond motifs is 1. The van der Waals surface area contributed by atoms with Gasteiger partial charge in [0.2, 0.25) is 0 Å². The van der Waals surface area contributed by atoms with Crippen LogP contribution in [0.4, 0.5) is 11.4 Å². The Kier molecular flexibility index (Phi) is 5.18. The summed E-state index contributed by atoms with van der Waals surface area (Å²) in [6.45, 7) is 7.14. The minimum Gasteiger partial charge on any atom is -0.371 e. The second-order valence-corrected chi connectivity index (χ2v) is 10.9. The van der Waals surface area contributed by atoms with Gasteiger partial charge in [-0.3, -0.25) is 9.59 Å². The molecule has 2 aromatic rings. The molecule has 6 nitrogen and oxygen atoms in total. The summed E-state index contributed by atoms with van der Waals surface area (Å²) in [7, 11) is -3.70. The molecule has 2 heterocycles. The van der Waals surface area contributed by atoms with Gasteiger partial charge in [-0.1, -0.05) is 19.1 Å². The van der Waals surface area contributed by atoms with E-state index >= 15 is 0 Å². The van der Waals surface area contributed by atoms with E-state index in [0.29, 0.717) is 17.0 Å². The number of amides is 2. The summed E-state index contributed by atoms with van der Waals surface area (Å²) in [5.41, 5.74) is 1.57. The SMILES string of the molecule is CC1CCN(c2ccc(S(=O)(=O)C(C)C)c(N3C(=O)c4ccccc4C3=O)c2)CC1. The number of imide groups is 1.